The van der Waals surface area contributed by atoms with E-state index in [4.69, 9.17) is 16.3 Å². The van der Waals surface area contributed by atoms with E-state index in [1.807, 2.05) is 12.1 Å². The van der Waals surface area contributed by atoms with E-state index in [1.54, 1.807) is 48.7 Å². The van der Waals surface area contributed by atoms with Crippen molar-refractivity contribution < 1.29 is 14.3 Å². The molecule has 0 saturated carbocycles. The van der Waals surface area contributed by atoms with Gasteiger partial charge in [-0.15, -0.1) is 0 Å². The Balaban J connectivity index is 1.61. The van der Waals surface area contributed by atoms with Crippen molar-refractivity contribution in [3.8, 4) is 5.75 Å². The van der Waals surface area contributed by atoms with Crippen molar-refractivity contribution in [3.63, 3.8) is 0 Å². The van der Waals surface area contributed by atoms with Gasteiger partial charge in [0.2, 0.25) is 0 Å². The van der Waals surface area contributed by atoms with Crippen LogP contribution in [0, 0.1) is 0 Å². The molecule has 0 fully saturated rings. The van der Waals surface area contributed by atoms with E-state index in [0.717, 1.165) is 5.56 Å². The van der Waals surface area contributed by atoms with Crippen LogP contribution in [0.4, 0.5) is 5.69 Å². The molecule has 6 nitrogen and oxygen atoms in total. The van der Waals surface area contributed by atoms with Crippen LogP contribution < -0.4 is 15.4 Å². The molecule has 3 aromatic rings. The van der Waals surface area contributed by atoms with Gasteiger partial charge in [-0.3, -0.25) is 14.6 Å². The monoisotopic (exact) mass is 395 g/mol. The van der Waals surface area contributed by atoms with Crippen LogP contribution in [-0.2, 0) is 6.54 Å². The molecule has 2 N–H and O–H groups in total. The summed E-state index contributed by atoms with van der Waals surface area (Å²) < 4.78 is 5.20. The van der Waals surface area contributed by atoms with Crippen LogP contribution in [0.25, 0.3) is 0 Å². The molecule has 28 heavy (non-hydrogen) atoms. The molecule has 1 aromatic heterocycles. The number of halogens is 1. The lowest BCUT2D eigenvalue weighted by atomic mass is 10.1. The van der Waals surface area contributed by atoms with Crippen LogP contribution in [0.5, 0.6) is 5.75 Å². The van der Waals surface area contributed by atoms with Crippen LogP contribution in [0.15, 0.2) is 67.0 Å². The highest BCUT2D eigenvalue weighted by Crippen LogP contribution is 2.23. The van der Waals surface area contributed by atoms with Crippen molar-refractivity contribution in [2.24, 2.45) is 0 Å². The zero-order valence-electron chi connectivity index (χ0n) is 15.1. The van der Waals surface area contributed by atoms with Gasteiger partial charge < -0.3 is 15.4 Å². The first-order chi connectivity index (χ1) is 13.6. The Hall–Kier alpha value is -3.38. The van der Waals surface area contributed by atoms with E-state index in [0.29, 0.717) is 34.1 Å². The molecule has 0 spiro atoms. The van der Waals surface area contributed by atoms with Gasteiger partial charge in [-0.05, 0) is 48.0 Å². The second kappa shape index (κ2) is 9.01. The van der Waals surface area contributed by atoms with Gasteiger partial charge in [0.25, 0.3) is 11.8 Å². The summed E-state index contributed by atoms with van der Waals surface area (Å²) in [6.07, 6.45) is 3.13. The molecule has 3 rings (SSSR count). The molecule has 0 bridgehead atoms. The Kier molecular flexibility index (Phi) is 6.24. The maximum absolute atomic E-state index is 12.5. The van der Waals surface area contributed by atoms with E-state index in [2.05, 4.69) is 15.6 Å². The number of rotatable bonds is 6. The van der Waals surface area contributed by atoms with Gasteiger partial charge in [0, 0.05) is 29.6 Å². The number of aromatic nitrogens is 1. The van der Waals surface area contributed by atoms with E-state index >= 15 is 0 Å². The minimum Gasteiger partial charge on any atom is -0.496 e. The van der Waals surface area contributed by atoms with Crippen molar-refractivity contribution in [2.45, 2.75) is 6.54 Å². The number of methoxy groups -OCH3 is 1. The summed E-state index contributed by atoms with van der Waals surface area (Å²) in [7, 11) is 1.49. The number of benzene rings is 2. The van der Waals surface area contributed by atoms with Gasteiger partial charge in [-0.25, -0.2) is 0 Å². The van der Waals surface area contributed by atoms with E-state index in [9.17, 15) is 9.59 Å². The Morgan fingerprint density at radius 2 is 1.86 bits per heavy atom. The molecule has 0 atom stereocenters. The van der Waals surface area contributed by atoms with E-state index in [1.165, 1.54) is 13.3 Å². The second-order valence-electron chi connectivity index (χ2n) is 5.92. The lowest BCUT2D eigenvalue weighted by molar-refractivity contribution is 0.0949. The fourth-order valence-electron chi connectivity index (χ4n) is 2.54. The molecule has 7 heteroatoms. The average Bonchev–Trinajstić information content (AvgIpc) is 2.73. The standard InChI is InChI=1S/C21H18ClN3O3/c1-28-19-9-6-16(22)11-18(19)21(27)25-17-7-4-14(5-8-17)12-24-20(26)15-3-2-10-23-13-15/h2-11,13H,12H2,1H3,(H,24,26)(H,25,27). The highest BCUT2D eigenvalue weighted by Gasteiger charge is 2.13. The predicted molar refractivity (Wildman–Crippen MR) is 108 cm³/mol. The van der Waals surface area contributed by atoms with Crippen molar-refractivity contribution in [3.05, 3.63) is 88.7 Å². The zero-order chi connectivity index (χ0) is 19.9. The van der Waals surface area contributed by atoms with Crippen LogP contribution in [0.2, 0.25) is 5.02 Å². The summed E-state index contributed by atoms with van der Waals surface area (Å²) in [4.78, 5) is 28.5. The first kappa shape index (κ1) is 19.4. The van der Waals surface area contributed by atoms with Gasteiger partial charge in [-0.1, -0.05) is 23.7 Å². The normalized spacial score (nSPS) is 10.2. The number of hydrogen-bond donors (Lipinski definition) is 2. The second-order valence-corrected chi connectivity index (χ2v) is 6.36. The fourth-order valence-corrected chi connectivity index (χ4v) is 2.72. The molecular formula is C21H18ClN3O3. The van der Waals surface area contributed by atoms with Gasteiger partial charge in [0.15, 0.2) is 0 Å². The number of pyridine rings is 1. The molecule has 0 unspecified atom stereocenters. The molecule has 0 aliphatic rings. The molecule has 2 aromatic carbocycles. The lowest BCUT2D eigenvalue weighted by Crippen LogP contribution is -2.22. The quantitative estimate of drug-likeness (QED) is 0.662. The number of nitrogens with zero attached hydrogens (tertiary/aromatic N) is 1. The molecule has 1 heterocycles. The van der Waals surface area contributed by atoms with Gasteiger partial charge in [-0.2, -0.15) is 0 Å². The third-order valence-corrected chi connectivity index (χ3v) is 4.23. The highest BCUT2D eigenvalue weighted by molar-refractivity contribution is 6.31. The highest BCUT2D eigenvalue weighted by atomic mass is 35.5. The van der Waals surface area contributed by atoms with E-state index in [-0.39, 0.29) is 11.8 Å². The third-order valence-electron chi connectivity index (χ3n) is 3.99. The smallest absolute Gasteiger partial charge is 0.259 e. The van der Waals surface area contributed by atoms with Gasteiger partial charge in [0.1, 0.15) is 5.75 Å². The largest absolute Gasteiger partial charge is 0.496 e. The molecule has 142 valence electrons. The van der Waals surface area contributed by atoms with Crippen molar-refractivity contribution in [1.29, 1.82) is 0 Å². The number of hydrogen-bond acceptors (Lipinski definition) is 4. The van der Waals surface area contributed by atoms with Crippen molar-refractivity contribution >= 4 is 29.1 Å². The third kappa shape index (κ3) is 4.86. The summed E-state index contributed by atoms with van der Waals surface area (Å²) in [5.41, 5.74) is 2.37. The molecule has 0 aliphatic heterocycles. The minimum atomic E-state index is -0.322. The van der Waals surface area contributed by atoms with Crippen molar-refractivity contribution in [1.82, 2.24) is 10.3 Å². The van der Waals surface area contributed by atoms with Crippen molar-refractivity contribution in [2.75, 3.05) is 12.4 Å². The Bertz CT molecular complexity index is 976. The van der Waals surface area contributed by atoms with E-state index < -0.39 is 0 Å². The number of anilines is 1. The van der Waals surface area contributed by atoms with Crippen LogP contribution in [-0.4, -0.2) is 23.9 Å². The Morgan fingerprint density at radius 1 is 1.07 bits per heavy atom. The van der Waals surface area contributed by atoms with Gasteiger partial charge in [0.05, 0.1) is 18.2 Å². The van der Waals surface area contributed by atoms with Gasteiger partial charge >= 0.3 is 0 Å². The number of ether oxygens (including phenoxy) is 1. The predicted octanol–water partition coefficient (Wildman–Crippen LogP) is 3.93. The van der Waals surface area contributed by atoms with Crippen LogP contribution in [0.3, 0.4) is 0 Å². The number of carbonyl (C=O) groups is 2. The minimum absolute atomic E-state index is 0.196. The SMILES string of the molecule is COc1ccc(Cl)cc1C(=O)Nc1ccc(CNC(=O)c2cccnc2)cc1. The first-order valence-corrected chi connectivity index (χ1v) is 8.86. The molecular weight excluding hydrogens is 378 g/mol. The number of amides is 2. The summed E-state index contributed by atoms with van der Waals surface area (Å²) in [5.74, 6) is -0.0767. The topological polar surface area (TPSA) is 80.3 Å². The number of carbonyl (C=O) groups excluding carboxylic acids is 2. The maximum atomic E-state index is 12.5. The number of nitrogens with one attached hydrogen (secondary N) is 2. The fraction of sp³-hybridized carbons (Fsp3) is 0.0952. The molecule has 0 radical (unpaired) electrons. The lowest BCUT2D eigenvalue weighted by Gasteiger charge is -2.10. The molecule has 2 amide bonds. The Labute approximate surface area is 167 Å². The average molecular weight is 396 g/mol. The summed E-state index contributed by atoms with van der Waals surface area (Å²) in [5, 5.41) is 6.08. The maximum Gasteiger partial charge on any atom is 0.259 e. The van der Waals surface area contributed by atoms with Crippen LogP contribution in [0.1, 0.15) is 26.3 Å². The molecule has 0 aliphatic carbocycles. The molecule has 0 saturated heterocycles. The zero-order valence-corrected chi connectivity index (χ0v) is 15.9. The summed E-state index contributed by atoms with van der Waals surface area (Å²) >= 11 is 5.97. The summed E-state index contributed by atoms with van der Waals surface area (Å²) in [6, 6.07) is 15.4. The summed E-state index contributed by atoms with van der Waals surface area (Å²) in [6.45, 7) is 0.365. The Morgan fingerprint density at radius 3 is 2.54 bits per heavy atom. The first-order valence-electron chi connectivity index (χ1n) is 8.49. The van der Waals surface area contributed by atoms with Crippen LogP contribution >= 0.6 is 11.6 Å².